The number of aromatic nitrogens is 1. The summed E-state index contributed by atoms with van der Waals surface area (Å²) in [5.41, 5.74) is 1.78. The smallest absolute Gasteiger partial charge is 0.255 e. The predicted molar refractivity (Wildman–Crippen MR) is 181 cm³/mol. The first-order chi connectivity index (χ1) is 23.9. The van der Waals surface area contributed by atoms with Gasteiger partial charge in [0, 0.05) is 48.4 Å². The summed E-state index contributed by atoms with van der Waals surface area (Å²) in [6.07, 6.45) is 2.15. The zero-order valence-electron chi connectivity index (χ0n) is 27.1. The maximum Gasteiger partial charge on any atom is 0.255 e. The number of oxazole rings is 1. The lowest BCUT2D eigenvalue weighted by atomic mass is 9.96. The molecule has 1 amide bonds. The van der Waals surface area contributed by atoms with E-state index in [2.05, 4.69) is 10.3 Å². The van der Waals surface area contributed by atoms with E-state index in [1.165, 1.54) is 42.7 Å². The summed E-state index contributed by atoms with van der Waals surface area (Å²) in [6, 6.07) is 15.3. The first-order valence-corrected chi connectivity index (χ1v) is 17.4. The van der Waals surface area contributed by atoms with Crippen LogP contribution < -0.4 is 14.4 Å². The number of ether oxygens (including phenoxy) is 2. The highest BCUT2D eigenvalue weighted by atomic mass is 32.2. The Labute approximate surface area is 284 Å². The molecule has 4 aromatic carbocycles. The van der Waals surface area contributed by atoms with Crippen molar-refractivity contribution in [1.82, 2.24) is 10.3 Å². The molecule has 0 radical (unpaired) electrons. The molecule has 0 saturated carbocycles. The van der Waals surface area contributed by atoms with E-state index in [9.17, 15) is 26.4 Å². The fourth-order valence-corrected chi connectivity index (χ4v) is 7.17. The molecule has 10 nitrogen and oxygen atoms in total. The van der Waals surface area contributed by atoms with Gasteiger partial charge in [-0.05, 0) is 60.9 Å². The van der Waals surface area contributed by atoms with Crippen LogP contribution in [0.1, 0.15) is 23.2 Å². The van der Waals surface area contributed by atoms with E-state index in [1.807, 2.05) is 0 Å². The van der Waals surface area contributed by atoms with Crippen LogP contribution in [0.15, 0.2) is 75.6 Å². The topological polar surface area (TPSA) is 124 Å². The number of hydrogen-bond acceptors (Lipinski definition) is 8. The number of furan rings is 1. The summed E-state index contributed by atoms with van der Waals surface area (Å²) in [5.74, 6) is -2.34. The summed E-state index contributed by atoms with van der Waals surface area (Å²) in [5, 5.41) is 2.98. The number of rotatable bonds is 9. The molecule has 6 aromatic rings. The zero-order chi connectivity index (χ0) is 35.3. The van der Waals surface area contributed by atoms with Crippen LogP contribution in [0.4, 0.5) is 18.9 Å². The van der Waals surface area contributed by atoms with Gasteiger partial charge in [-0.3, -0.25) is 9.10 Å². The van der Waals surface area contributed by atoms with Gasteiger partial charge in [0.25, 0.3) is 5.91 Å². The summed E-state index contributed by atoms with van der Waals surface area (Å²) < 4.78 is 94.1. The number of benzene rings is 4. The van der Waals surface area contributed by atoms with Crippen LogP contribution >= 0.6 is 0 Å². The second-order valence-electron chi connectivity index (χ2n) is 11.9. The van der Waals surface area contributed by atoms with E-state index in [0.29, 0.717) is 41.2 Å². The van der Waals surface area contributed by atoms with E-state index < -0.39 is 33.4 Å². The third kappa shape index (κ3) is 6.05. The van der Waals surface area contributed by atoms with Gasteiger partial charge in [-0.15, -0.1) is 0 Å². The number of nitrogens with zero attached hydrogens (tertiary/aromatic N) is 2. The first-order valence-electron chi connectivity index (χ1n) is 15.6. The number of nitrogens with one attached hydrogen (secondary N) is 1. The van der Waals surface area contributed by atoms with E-state index in [0.717, 1.165) is 18.7 Å². The summed E-state index contributed by atoms with van der Waals surface area (Å²) in [6.45, 7) is 0.504. The lowest BCUT2D eigenvalue weighted by Crippen LogP contribution is -2.37. The normalized spacial score (nSPS) is 14.8. The van der Waals surface area contributed by atoms with Crippen LogP contribution in [-0.4, -0.2) is 59.0 Å². The van der Waals surface area contributed by atoms with Crippen LogP contribution in [-0.2, 0) is 14.8 Å². The highest BCUT2D eigenvalue weighted by Crippen LogP contribution is 2.44. The van der Waals surface area contributed by atoms with Gasteiger partial charge in [0.05, 0.1) is 42.8 Å². The van der Waals surface area contributed by atoms with Gasteiger partial charge in [0.1, 0.15) is 34.2 Å². The van der Waals surface area contributed by atoms with E-state index >= 15 is 0 Å². The number of amides is 1. The van der Waals surface area contributed by atoms with Gasteiger partial charge in [0.15, 0.2) is 11.4 Å². The maximum absolute atomic E-state index is 14.6. The number of carbonyl (C=O) groups excluding carboxylic acids is 1. The molecule has 0 bridgehead atoms. The Hall–Kier alpha value is -5.34. The molecular weight excluding hydrogens is 675 g/mol. The van der Waals surface area contributed by atoms with Crippen LogP contribution in [0, 0.1) is 17.5 Å². The van der Waals surface area contributed by atoms with Crippen molar-refractivity contribution in [2.45, 2.75) is 18.9 Å². The summed E-state index contributed by atoms with van der Waals surface area (Å²) in [7, 11) is -1.05. The number of sulfonamides is 1. The number of anilines is 1. The number of carbonyl (C=O) groups is 1. The summed E-state index contributed by atoms with van der Waals surface area (Å²) >= 11 is 0. The number of methoxy groups -OCH3 is 1. The largest absolute Gasteiger partial charge is 0.496 e. The molecule has 1 unspecified atom stereocenters. The molecule has 1 saturated heterocycles. The van der Waals surface area contributed by atoms with Crippen molar-refractivity contribution < 1.29 is 44.7 Å². The van der Waals surface area contributed by atoms with Gasteiger partial charge >= 0.3 is 0 Å². The second-order valence-corrected chi connectivity index (χ2v) is 13.8. The summed E-state index contributed by atoms with van der Waals surface area (Å²) in [4.78, 5) is 17.7. The van der Waals surface area contributed by atoms with Crippen molar-refractivity contribution in [2.75, 3.05) is 37.9 Å². The molecule has 1 N–H and O–H groups in total. The Morgan fingerprint density at radius 1 is 0.960 bits per heavy atom. The molecule has 14 heteroatoms. The number of fused-ring (bicyclic) bond motifs is 2. The number of halogens is 3. The van der Waals surface area contributed by atoms with Gasteiger partial charge in [-0.2, -0.15) is 0 Å². The third-order valence-corrected chi connectivity index (χ3v) is 9.73. The van der Waals surface area contributed by atoms with Crippen LogP contribution in [0.3, 0.4) is 0 Å². The lowest BCUT2D eigenvalue weighted by molar-refractivity contribution is 0.0964. The van der Waals surface area contributed by atoms with Crippen LogP contribution in [0.2, 0.25) is 0 Å². The fourth-order valence-electron chi connectivity index (χ4n) is 6.23. The first kappa shape index (κ1) is 33.2. The maximum atomic E-state index is 14.6. The number of hydrogen-bond donors (Lipinski definition) is 1. The quantitative estimate of drug-likeness (QED) is 0.166. The standard InChI is InChI=1S/C36H30F3N3O7S/c1-40-35(43)32-25-16-24(20-8-11-29(46-2)26(13-20)36-41-33-27(39)14-22(38)15-31(33)49-36)28(42(50(3,44)45)18-23-5-4-12-47-23)17-30(25)48-34(32)19-6-9-21(37)10-7-19/h6-11,13-17,23H,4-5,12,18H2,1-3H3,(H,40,43). The minimum absolute atomic E-state index is 0.00412. The highest BCUT2D eigenvalue weighted by Gasteiger charge is 2.31. The predicted octanol–water partition coefficient (Wildman–Crippen LogP) is 7.31. The Morgan fingerprint density at radius 3 is 2.40 bits per heavy atom. The van der Waals surface area contributed by atoms with Crippen molar-refractivity contribution in [3.8, 4) is 39.7 Å². The molecule has 3 heterocycles. The molecule has 1 aliphatic rings. The van der Waals surface area contributed by atoms with Crippen molar-refractivity contribution in [3.05, 3.63) is 89.7 Å². The van der Waals surface area contributed by atoms with Crippen LogP contribution in [0.25, 0.3) is 56.0 Å². The highest BCUT2D eigenvalue weighted by molar-refractivity contribution is 7.92. The van der Waals surface area contributed by atoms with Gasteiger partial charge in [0.2, 0.25) is 15.9 Å². The minimum Gasteiger partial charge on any atom is -0.496 e. The SMILES string of the molecule is CNC(=O)c1c(-c2ccc(F)cc2)oc2cc(N(CC3CCCO3)S(C)(=O)=O)c(-c3ccc(OC)c(-c4nc5c(F)cc(F)cc5o4)c3)cc12. The molecule has 1 atom stereocenters. The van der Waals surface area contributed by atoms with Crippen molar-refractivity contribution in [2.24, 2.45) is 0 Å². The molecule has 1 aliphatic heterocycles. The average molecular weight is 706 g/mol. The van der Waals surface area contributed by atoms with Gasteiger partial charge in [-0.25, -0.2) is 26.6 Å². The third-order valence-electron chi connectivity index (χ3n) is 8.58. The molecule has 50 heavy (non-hydrogen) atoms. The second kappa shape index (κ2) is 12.8. The molecule has 258 valence electrons. The minimum atomic E-state index is -3.93. The molecule has 0 spiro atoms. The lowest BCUT2D eigenvalue weighted by Gasteiger charge is -2.27. The van der Waals surface area contributed by atoms with Gasteiger partial charge < -0.3 is 23.6 Å². The molecule has 2 aromatic heterocycles. The van der Waals surface area contributed by atoms with E-state index in [4.69, 9.17) is 18.3 Å². The fraction of sp³-hybridized carbons (Fsp3) is 0.222. The molecule has 7 rings (SSSR count). The van der Waals surface area contributed by atoms with Crippen molar-refractivity contribution >= 4 is 43.7 Å². The monoisotopic (exact) mass is 705 g/mol. The molecule has 0 aliphatic carbocycles. The Balaban J connectivity index is 1.50. The van der Waals surface area contributed by atoms with Gasteiger partial charge in [-0.1, -0.05) is 6.07 Å². The zero-order valence-corrected chi connectivity index (χ0v) is 27.9. The van der Waals surface area contributed by atoms with Crippen molar-refractivity contribution in [3.63, 3.8) is 0 Å². The Morgan fingerprint density at radius 2 is 1.72 bits per heavy atom. The Kier molecular flexibility index (Phi) is 8.52. The molecular formula is C36H30F3N3O7S. The van der Waals surface area contributed by atoms with Crippen LogP contribution in [0.5, 0.6) is 5.75 Å². The molecule has 1 fully saturated rings. The Bertz CT molecular complexity index is 2380. The van der Waals surface area contributed by atoms with E-state index in [1.54, 1.807) is 30.3 Å². The average Bonchev–Trinajstić information content (AvgIpc) is 3.85. The van der Waals surface area contributed by atoms with E-state index in [-0.39, 0.29) is 63.5 Å². The van der Waals surface area contributed by atoms with Crippen molar-refractivity contribution in [1.29, 1.82) is 0 Å².